The zero-order chi connectivity index (χ0) is 9.14. The molecule has 1 atom stereocenters. The van der Waals surface area contributed by atoms with Gasteiger partial charge >= 0.3 is 0 Å². The van der Waals surface area contributed by atoms with Crippen molar-refractivity contribution in [3.05, 3.63) is 18.0 Å². The van der Waals surface area contributed by atoms with Crippen LogP contribution in [0.2, 0.25) is 0 Å². The number of nitrogens with zero attached hydrogens (tertiary/aromatic N) is 3. The van der Waals surface area contributed by atoms with Crippen molar-refractivity contribution in [3.8, 4) is 0 Å². The molecule has 0 fully saturated rings. The number of likely N-dealkylation sites (N-methyl/N-ethyl adjacent to an activating group) is 1. The number of hydrogen-bond donors (Lipinski definition) is 1. The molecule has 1 heterocycles. The Morgan fingerprint density at radius 1 is 1.67 bits per heavy atom. The van der Waals surface area contributed by atoms with E-state index in [9.17, 15) is 0 Å². The maximum absolute atomic E-state index is 5.94. The Balaban J connectivity index is 2.65. The Hall–Kier alpha value is -0.870. The molecule has 0 aromatic carbocycles. The maximum Gasteiger partial charge on any atom is 0.0595 e. The minimum Gasteiger partial charge on any atom is -0.322 e. The fraction of sp³-hybridized carbons (Fsp3) is 0.625. The smallest absolute Gasteiger partial charge is 0.0595 e. The summed E-state index contributed by atoms with van der Waals surface area (Å²) in [7, 11) is 5.93. The number of aromatic nitrogens is 2. The highest BCUT2D eigenvalue weighted by atomic mass is 15.3. The van der Waals surface area contributed by atoms with Gasteiger partial charge in [0.15, 0.2) is 0 Å². The Morgan fingerprint density at radius 3 is 2.75 bits per heavy atom. The summed E-state index contributed by atoms with van der Waals surface area (Å²) in [6.45, 7) is 0.847. The SMILES string of the molecule is CN(C)CC(N)c1ccnn1C. The predicted molar refractivity (Wildman–Crippen MR) is 48.7 cm³/mol. The van der Waals surface area contributed by atoms with Crippen molar-refractivity contribution in [2.24, 2.45) is 12.8 Å². The van der Waals surface area contributed by atoms with Crippen LogP contribution >= 0.6 is 0 Å². The lowest BCUT2D eigenvalue weighted by Crippen LogP contribution is -2.27. The first-order valence-corrected chi connectivity index (χ1v) is 3.99. The quantitative estimate of drug-likeness (QED) is 0.690. The first-order valence-electron chi connectivity index (χ1n) is 3.99. The molecule has 4 heteroatoms. The topological polar surface area (TPSA) is 47.1 Å². The van der Waals surface area contributed by atoms with Gasteiger partial charge in [0, 0.05) is 19.8 Å². The van der Waals surface area contributed by atoms with E-state index in [0.29, 0.717) is 0 Å². The third-order valence-corrected chi connectivity index (χ3v) is 1.80. The lowest BCUT2D eigenvalue weighted by atomic mass is 10.2. The van der Waals surface area contributed by atoms with Crippen LogP contribution in [-0.4, -0.2) is 35.3 Å². The summed E-state index contributed by atoms with van der Waals surface area (Å²) in [5.41, 5.74) is 7.01. The summed E-state index contributed by atoms with van der Waals surface area (Å²) < 4.78 is 1.81. The second-order valence-electron chi connectivity index (χ2n) is 3.25. The zero-order valence-electron chi connectivity index (χ0n) is 7.86. The van der Waals surface area contributed by atoms with Crippen LogP contribution in [0.4, 0.5) is 0 Å². The van der Waals surface area contributed by atoms with E-state index < -0.39 is 0 Å². The van der Waals surface area contributed by atoms with Crippen LogP contribution in [0, 0.1) is 0 Å². The van der Waals surface area contributed by atoms with E-state index in [1.54, 1.807) is 6.20 Å². The van der Waals surface area contributed by atoms with Gasteiger partial charge in [-0.3, -0.25) is 4.68 Å². The van der Waals surface area contributed by atoms with Gasteiger partial charge in [0.05, 0.1) is 11.7 Å². The third-order valence-electron chi connectivity index (χ3n) is 1.80. The van der Waals surface area contributed by atoms with Crippen LogP contribution in [0.1, 0.15) is 11.7 Å². The molecule has 0 bridgehead atoms. The van der Waals surface area contributed by atoms with Crippen molar-refractivity contribution in [2.45, 2.75) is 6.04 Å². The molecule has 0 aliphatic carbocycles. The van der Waals surface area contributed by atoms with Gasteiger partial charge < -0.3 is 10.6 Å². The molecule has 0 aliphatic rings. The molecular weight excluding hydrogens is 152 g/mol. The summed E-state index contributed by atoms with van der Waals surface area (Å²) in [6, 6.07) is 2.00. The zero-order valence-corrected chi connectivity index (χ0v) is 7.86. The van der Waals surface area contributed by atoms with Gasteiger partial charge in [-0.05, 0) is 20.2 Å². The largest absolute Gasteiger partial charge is 0.322 e. The monoisotopic (exact) mass is 168 g/mol. The van der Waals surface area contributed by atoms with Crippen LogP contribution < -0.4 is 5.73 Å². The molecule has 1 aromatic rings. The van der Waals surface area contributed by atoms with Crippen molar-refractivity contribution < 1.29 is 0 Å². The Morgan fingerprint density at radius 2 is 2.33 bits per heavy atom. The van der Waals surface area contributed by atoms with E-state index in [0.717, 1.165) is 12.2 Å². The van der Waals surface area contributed by atoms with Crippen molar-refractivity contribution in [2.75, 3.05) is 20.6 Å². The molecule has 0 saturated carbocycles. The van der Waals surface area contributed by atoms with Gasteiger partial charge in [-0.15, -0.1) is 0 Å². The van der Waals surface area contributed by atoms with Gasteiger partial charge in [-0.2, -0.15) is 5.10 Å². The van der Waals surface area contributed by atoms with E-state index >= 15 is 0 Å². The lowest BCUT2D eigenvalue weighted by Gasteiger charge is -2.16. The Kier molecular flexibility index (Phi) is 2.83. The van der Waals surface area contributed by atoms with Gasteiger partial charge in [0.2, 0.25) is 0 Å². The molecule has 1 aromatic heterocycles. The highest BCUT2D eigenvalue weighted by Gasteiger charge is 2.09. The van der Waals surface area contributed by atoms with E-state index in [-0.39, 0.29) is 6.04 Å². The highest BCUT2D eigenvalue weighted by Crippen LogP contribution is 2.08. The van der Waals surface area contributed by atoms with E-state index in [2.05, 4.69) is 10.00 Å². The fourth-order valence-electron chi connectivity index (χ4n) is 1.23. The molecule has 0 saturated heterocycles. The van der Waals surface area contributed by atoms with Crippen LogP contribution in [-0.2, 0) is 7.05 Å². The summed E-state index contributed by atoms with van der Waals surface area (Å²) in [5.74, 6) is 0. The van der Waals surface area contributed by atoms with E-state index in [1.165, 1.54) is 0 Å². The third kappa shape index (κ3) is 2.06. The molecular formula is C8H16N4. The molecule has 1 unspecified atom stereocenters. The molecule has 12 heavy (non-hydrogen) atoms. The molecule has 68 valence electrons. The molecule has 0 spiro atoms. The van der Waals surface area contributed by atoms with Crippen molar-refractivity contribution in [1.29, 1.82) is 0 Å². The van der Waals surface area contributed by atoms with E-state index in [1.807, 2.05) is 31.9 Å². The van der Waals surface area contributed by atoms with Gasteiger partial charge in [-0.1, -0.05) is 0 Å². The lowest BCUT2D eigenvalue weighted by molar-refractivity contribution is 0.368. The summed E-state index contributed by atoms with van der Waals surface area (Å²) in [6.07, 6.45) is 1.77. The molecule has 4 nitrogen and oxygen atoms in total. The molecule has 0 aliphatic heterocycles. The Labute approximate surface area is 73.0 Å². The van der Waals surface area contributed by atoms with Crippen LogP contribution in [0.15, 0.2) is 12.3 Å². The molecule has 1 rings (SSSR count). The average Bonchev–Trinajstić information content (AvgIpc) is 2.33. The predicted octanol–water partition coefficient (Wildman–Crippen LogP) is -0.0185. The van der Waals surface area contributed by atoms with E-state index in [4.69, 9.17) is 5.73 Å². The molecule has 0 radical (unpaired) electrons. The Bertz CT molecular complexity index is 241. The summed E-state index contributed by atoms with van der Waals surface area (Å²) in [4.78, 5) is 2.07. The normalized spacial score (nSPS) is 13.8. The minimum atomic E-state index is 0.0486. The summed E-state index contributed by atoms with van der Waals surface area (Å²) in [5, 5.41) is 4.06. The van der Waals surface area contributed by atoms with Crippen molar-refractivity contribution in [3.63, 3.8) is 0 Å². The van der Waals surface area contributed by atoms with Gasteiger partial charge in [0.25, 0.3) is 0 Å². The highest BCUT2D eigenvalue weighted by molar-refractivity contribution is 5.06. The second-order valence-corrected chi connectivity index (χ2v) is 3.25. The van der Waals surface area contributed by atoms with Gasteiger partial charge in [0.1, 0.15) is 0 Å². The second kappa shape index (κ2) is 3.69. The number of nitrogens with two attached hydrogens (primary N) is 1. The maximum atomic E-state index is 5.94. The van der Waals surface area contributed by atoms with Crippen molar-refractivity contribution in [1.82, 2.24) is 14.7 Å². The number of hydrogen-bond acceptors (Lipinski definition) is 3. The van der Waals surface area contributed by atoms with Crippen LogP contribution in [0.3, 0.4) is 0 Å². The minimum absolute atomic E-state index is 0.0486. The molecule has 2 N–H and O–H groups in total. The van der Waals surface area contributed by atoms with Crippen molar-refractivity contribution >= 4 is 0 Å². The van der Waals surface area contributed by atoms with Crippen LogP contribution in [0.25, 0.3) is 0 Å². The van der Waals surface area contributed by atoms with Crippen LogP contribution in [0.5, 0.6) is 0 Å². The standard InChI is InChI=1S/C8H16N4/c1-11(2)6-7(9)8-4-5-10-12(8)3/h4-5,7H,6,9H2,1-3H3. The fourth-order valence-corrected chi connectivity index (χ4v) is 1.23. The first-order chi connectivity index (χ1) is 5.61. The summed E-state index contributed by atoms with van der Waals surface area (Å²) >= 11 is 0. The number of rotatable bonds is 3. The molecule has 0 amide bonds. The first kappa shape index (κ1) is 9.22. The average molecular weight is 168 g/mol. The number of aryl methyl sites for hydroxylation is 1. The van der Waals surface area contributed by atoms with Gasteiger partial charge in [-0.25, -0.2) is 0 Å².